The molecule has 3 N–H and O–H groups in total. The fourth-order valence-corrected chi connectivity index (χ4v) is 4.34. The summed E-state index contributed by atoms with van der Waals surface area (Å²) < 4.78 is 4.64. The molecule has 3 rings (SSSR count). The van der Waals surface area contributed by atoms with Crippen molar-refractivity contribution in [1.82, 2.24) is 10.2 Å². The topological polar surface area (TPSA) is 146 Å². The summed E-state index contributed by atoms with van der Waals surface area (Å²) in [7, 11) is 0. The summed E-state index contributed by atoms with van der Waals surface area (Å²) in [6.07, 6.45) is 1.63. The number of amides is 4. The Bertz CT molecular complexity index is 1200. The second-order valence-electron chi connectivity index (χ2n) is 8.92. The summed E-state index contributed by atoms with van der Waals surface area (Å²) in [4.78, 5) is 51.2. The Labute approximate surface area is 216 Å². The Hall–Kier alpha value is -4.39. The third-order valence-corrected chi connectivity index (χ3v) is 6.37. The van der Waals surface area contributed by atoms with E-state index < -0.39 is 24.5 Å². The standard InChI is InChI=1S/C27H31N5O5/c1-18-3-6-23(15-24(18)32(27(29)36)14-11-30-25(34)17-37-19(2)33)26(35)31-12-9-22(10-13-31)21-7-4-20(16-28)5-8-21/h3-8,15,22H,9-14,17H2,1-2H3,(H2,29,36)(H,30,34). The summed E-state index contributed by atoms with van der Waals surface area (Å²) >= 11 is 0. The highest BCUT2D eigenvalue weighted by Crippen LogP contribution is 2.30. The molecule has 1 saturated heterocycles. The Balaban J connectivity index is 1.63. The number of anilines is 1. The molecule has 1 heterocycles. The number of nitrogens with zero attached hydrogens (tertiary/aromatic N) is 3. The maximum Gasteiger partial charge on any atom is 0.319 e. The van der Waals surface area contributed by atoms with Crippen LogP contribution in [-0.2, 0) is 14.3 Å². The normalized spacial score (nSPS) is 13.4. The van der Waals surface area contributed by atoms with Gasteiger partial charge in [0.1, 0.15) is 0 Å². The smallest absolute Gasteiger partial charge is 0.319 e. The van der Waals surface area contributed by atoms with Gasteiger partial charge in [-0.15, -0.1) is 0 Å². The van der Waals surface area contributed by atoms with Crippen molar-refractivity contribution in [2.45, 2.75) is 32.6 Å². The minimum absolute atomic E-state index is 0.0790. The van der Waals surface area contributed by atoms with Crippen molar-refractivity contribution in [2.24, 2.45) is 5.73 Å². The molecule has 0 atom stereocenters. The highest BCUT2D eigenvalue weighted by Gasteiger charge is 2.26. The van der Waals surface area contributed by atoms with E-state index in [0.717, 1.165) is 18.4 Å². The molecule has 1 aliphatic heterocycles. The number of ether oxygens (including phenoxy) is 1. The summed E-state index contributed by atoms with van der Waals surface area (Å²) in [5, 5.41) is 11.6. The second kappa shape index (κ2) is 12.5. The zero-order valence-corrected chi connectivity index (χ0v) is 21.0. The SMILES string of the molecule is CC(=O)OCC(=O)NCCN(C(N)=O)c1cc(C(=O)N2CCC(c3ccc(C#N)cc3)CC2)ccc1C. The molecule has 194 valence electrons. The van der Waals surface area contributed by atoms with Crippen molar-refractivity contribution in [2.75, 3.05) is 37.7 Å². The molecule has 0 saturated carbocycles. The van der Waals surface area contributed by atoms with Crippen LogP contribution in [0.4, 0.5) is 10.5 Å². The van der Waals surface area contributed by atoms with Gasteiger partial charge in [0, 0.05) is 44.4 Å². The van der Waals surface area contributed by atoms with E-state index in [9.17, 15) is 19.2 Å². The lowest BCUT2D eigenvalue weighted by molar-refractivity contribution is -0.146. The number of esters is 1. The van der Waals surface area contributed by atoms with Crippen LogP contribution in [0.25, 0.3) is 0 Å². The van der Waals surface area contributed by atoms with Gasteiger partial charge in [-0.3, -0.25) is 19.3 Å². The van der Waals surface area contributed by atoms with Crippen molar-refractivity contribution in [3.63, 3.8) is 0 Å². The van der Waals surface area contributed by atoms with Crippen LogP contribution < -0.4 is 16.0 Å². The van der Waals surface area contributed by atoms with Gasteiger partial charge >= 0.3 is 12.0 Å². The number of carbonyl (C=O) groups is 4. The van der Waals surface area contributed by atoms with E-state index in [4.69, 9.17) is 11.0 Å². The van der Waals surface area contributed by atoms with Gasteiger partial charge in [-0.05, 0) is 61.1 Å². The molecule has 4 amide bonds. The van der Waals surface area contributed by atoms with Gasteiger partial charge < -0.3 is 20.7 Å². The number of aryl methyl sites for hydroxylation is 1. The summed E-state index contributed by atoms with van der Waals surface area (Å²) in [6.45, 7) is 3.97. The summed E-state index contributed by atoms with van der Waals surface area (Å²) in [5.74, 6) is -0.861. The first-order valence-corrected chi connectivity index (χ1v) is 12.1. The van der Waals surface area contributed by atoms with Gasteiger partial charge in [0.2, 0.25) is 0 Å². The number of hydrogen-bond donors (Lipinski definition) is 2. The molecule has 0 unspecified atom stereocenters. The zero-order chi connectivity index (χ0) is 26.9. The highest BCUT2D eigenvalue weighted by molar-refractivity contribution is 5.98. The number of rotatable bonds is 8. The van der Waals surface area contributed by atoms with Gasteiger partial charge in [0.15, 0.2) is 6.61 Å². The van der Waals surface area contributed by atoms with E-state index in [2.05, 4.69) is 16.1 Å². The number of benzene rings is 2. The van der Waals surface area contributed by atoms with Gasteiger partial charge in [0.25, 0.3) is 11.8 Å². The van der Waals surface area contributed by atoms with Crippen LogP contribution in [-0.4, -0.2) is 61.5 Å². The van der Waals surface area contributed by atoms with Gasteiger partial charge in [0.05, 0.1) is 11.6 Å². The Morgan fingerprint density at radius 1 is 1.14 bits per heavy atom. The molecule has 0 bridgehead atoms. The van der Waals surface area contributed by atoms with E-state index in [1.807, 2.05) is 31.2 Å². The van der Waals surface area contributed by atoms with Crippen LogP contribution in [0.15, 0.2) is 42.5 Å². The maximum atomic E-state index is 13.3. The zero-order valence-electron chi connectivity index (χ0n) is 21.0. The number of likely N-dealkylation sites (tertiary alicyclic amines) is 1. The predicted octanol–water partition coefficient (Wildman–Crippen LogP) is 2.45. The van der Waals surface area contributed by atoms with Crippen molar-refractivity contribution in [1.29, 1.82) is 5.26 Å². The number of piperidine rings is 1. The van der Waals surface area contributed by atoms with E-state index in [1.54, 1.807) is 23.1 Å². The lowest BCUT2D eigenvalue weighted by atomic mass is 9.89. The number of nitrogens with one attached hydrogen (secondary N) is 1. The number of nitrogens with two attached hydrogens (primary N) is 1. The quantitative estimate of drug-likeness (QED) is 0.527. The van der Waals surface area contributed by atoms with Crippen LogP contribution in [0.2, 0.25) is 0 Å². The molecular weight excluding hydrogens is 474 g/mol. The molecular formula is C27H31N5O5. The number of carbonyl (C=O) groups excluding carboxylic acids is 4. The van der Waals surface area contributed by atoms with Crippen LogP contribution in [0.5, 0.6) is 0 Å². The minimum atomic E-state index is -0.717. The predicted molar refractivity (Wildman–Crippen MR) is 137 cm³/mol. The Kier molecular flexibility index (Phi) is 9.21. The molecule has 1 aliphatic rings. The van der Waals surface area contributed by atoms with Crippen molar-refractivity contribution >= 4 is 29.5 Å². The van der Waals surface area contributed by atoms with Crippen LogP contribution in [0.3, 0.4) is 0 Å². The van der Waals surface area contributed by atoms with Gasteiger partial charge in [-0.2, -0.15) is 5.26 Å². The molecule has 37 heavy (non-hydrogen) atoms. The van der Waals surface area contributed by atoms with Gasteiger partial charge in [-0.25, -0.2) is 4.79 Å². The highest BCUT2D eigenvalue weighted by atomic mass is 16.5. The van der Waals surface area contributed by atoms with E-state index in [-0.39, 0.29) is 19.0 Å². The van der Waals surface area contributed by atoms with Crippen molar-refractivity contribution in [3.8, 4) is 6.07 Å². The molecule has 2 aromatic rings. The number of hydrogen-bond acceptors (Lipinski definition) is 6. The van der Waals surface area contributed by atoms with E-state index in [1.165, 1.54) is 17.4 Å². The van der Waals surface area contributed by atoms with Crippen molar-refractivity contribution < 1.29 is 23.9 Å². The molecule has 0 radical (unpaired) electrons. The van der Waals surface area contributed by atoms with E-state index in [0.29, 0.717) is 35.8 Å². The number of primary amides is 1. The molecule has 2 aromatic carbocycles. The van der Waals surface area contributed by atoms with Gasteiger partial charge in [-0.1, -0.05) is 18.2 Å². The lowest BCUT2D eigenvalue weighted by Gasteiger charge is -2.32. The molecule has 10 heteroatoms. The summed E-state index contributed by atoms with van der Waals surface area (Å²) in [5.41, 5.74) is 9.08. The lowest BCUT2D eigenvalue weighted by Crippen LogP contribution is -2.43. The molecule has 1 fully saturated rings. The van der Waals surface area contributed by atoms with Crippen LogP contribution in [0.1, 0.15) is 52.7 Å². The fourth-order valence-electron chi connectivity index (χ4n) is 4.34. The monoisotopic (exact) mass is 505 g/mol. The average molecular weight is 506 g/mol. The second-order valence-corrected chi connectivity index (χ2v) is 8.92. The van der Waals surface area contributed by atoms with Crippen LogP contribution >= 0.6 is 0 Å². The first-order chi connectivity index (χ1) is 17.7. The molecule has 10 nitrogen and oxygen atoms in total. The maximum absolute atomic E-state index is 13.3. The van der Waals surface area contributed by atoms with Crippen molar-refractivity contribution in [3.05, 3.63) is 64.7 Å². The van der Waals surface area contributed by atoms with E-state index >= 15 is 0 Å². The molecule has 0 aliphatic carbocycles. The average Bonchev–Trinajstić information content (AvgIpc) is 2.90. The molecule has 0 aromatic heterocycles. The Morgan fingerprint density at radius 3 is 2.41 bits per heavy atom. The first-order valence-electron chi connectivity index (χ1n) is 12.1. The van der Waals surface area contributed by atoms with Crippen LogP contribution in [0, 0.1) is 18.3 Å². The third-order valence-electron chi connectivity index (χ3n) is 6.37. The number of urea groups is 1. The number of nitriles is 1. The largest absolute Gasteiger partial charge is 0.456 e. The first kappa shape index (κ1) is 27.2. The summed E-state index contributed by atoms with van der Waals surface area (Å²) in [6, 6.07) is 14.1. The molecule has 0 spiro atoms. The fraction of sp³-hybridized carbons (Fsp3) is 0.370. The Morgan fingerprint density at radius 2 is 1.81 bits per heavy atom. The third kappa shape index (κ3) is 7.30. The minimum Gasteiger partial charge on any atom is -0.456 e.